The molecule has 1 aliphatic heterocycles. The molecular weight excluding hydrogens is 396 g/mol. The Morgan fingerprint density at radius 3 is 2.13 bits per heavy atom. The number of halogens is 1. The van der Waals surface area contributed by atoms with Crippen molar-refractivity contribution in [1.29, 1.82) is 0 Å². The highest BCUT2D eigenvalue weighted by Crippen LogP contribution is 2.22. The van der Waals surface area contributed by atoms with Crippen molar-refractivity contribution in [1.82, 2.24) is 4.90 Å². The molecule has 0 bridgehead atoms. The summed E-state index contributed by atoms with van der Waals surface area (Å²) in [5.41, 5.74) is 3.65. The quantitative estimate of drug-likeness (QED) is 0.569. The first-order valence-corrected chi connectivity index (χ1v) is 10.4. The fourth-order valence-electron chi connectivity index (χ4n) is 3.74. The summed E-state index contributed by atoms with van der Waals surface area (Å²) in [5, 5.41) is 0.703. The first-order chi connectivity index (χ1) is 14.5. The van der Waals surface area contributed by atoms with E-state index in [0.717, 1.165) is 24.3 Å². The number of carbonyl (C=O) groups excluding carboxylic acids is 2. The Bertz CT molecular complexity index is 1070. The Morgan fingerprint density at radius 2 is 1.47 bits per heavy atom. The second-order valence-electron chi connectivity index (χ2n) is 7.50. The standard InChI is InChI=1S/C25H23ClN2O2/c1-18-9-11-19(12-10-18)24(29)22-7-2-3-8-23(22)25(30)28-15-13-27(14-16-28)21-6-4-5-20(26)17-21/h2-12,17H,13-16H2,1H3. The molecule has 0 aromatic heterocycles. The zero-order valence-electron chi connectivity index (χ0n) is 16.8. The van der Waals surface area contributed by atoms with Crippen molar-refractivity contribution >= 4 is 29.0 Å². The van der Waals surface area contributed by atoms with E-state index in [1.54, 1.807) is 24.3 Å². The average Bonchev–Trinajstić information content (AvgIpc) is 2.79. The third kappa shape index (κ3) is 4.24. The molecule has 30 heavy (non-hydrogen) atoms. The molecule has 0 unspecified atom stereocenters. The number of anilines is 1. The van der Waals surface area contributed by atoms with Crippen LogP contribution in [0.25, 0.3) is 0 Å². The lowest BCUT2D eigenvalue weighted by atomic mass is 9.97. The van der Waals surface area contributed by atoms with Gasteiger partial charge in [-0.25, -0.2) is 0 Å². The van der Waals surface area contributed by atoms with Crippen molar-refractivity contribution in [2.45, 2.75) is 6.92 Å². The van der Waals surface area contributed by atoms with Crippen LogP contribution in [0.1, 0.15) is 31.8 Å². The number of rotatable bonds is 4. The molecule has 0 aliphatic carbocycles. The predicted octanol–water partition coefficient (Wildman–Crippen LogP) is 4.84. The van der Waals surface area contributed by atoms with Crippen LogP contribution in [0.2, 0.25) is 5.02 Å². The van der Waals surface area contributed by atoms with Gasteiger partial charge >= 0.3 is 0 Å². The number of hydrogen-bond donors (Lipinski definition) is 0. The number of piperazine rings is 1. The van der Waals surface area contributed by atoms with Gasteiger partial charge in [0.15, 0.2) is 5.78 Å². The SMILES string of the molecule is Cc1ccc(C(=O)c2ccccc2C(=O)N2CCN(c3cccc(Cl)c3)CC2)cc1. The van der Waals surface area contributed by atoms with Gasteiger partial charge in [0, 0.05) is 48.0 Å². The molecule has 0 spiro atoms. The summed E-state index contributed by atoms with van der Waals surface area (Å²) in [5.74, 6) is -0.228. The van der Waals surface area contributed by atoms with Crippen molar-refractivity contribution < 1.29 is 9.59 Å². The number of carbonyl (C=O) groups is 2. The van der Waals surface area contributed by atoms with E-state index >= 15 is 0 Å². The van der Waals surface area contributed by atoms with Crippen LogP contribution in [0.3, 0.4) is 0 Å². The van der Waals surface area contributed by atoms with E-state index in [1.807, 2.05) is 60.4 Å². The van der Waals surface area contributed by atoms with Gasteiger partial charge in [-0.3, -0.25) is 9.59 Å². The minimum Gasteiger partial charge on any atom is -0.368 e. The van der Waals surface area contributed by atoms with Gasteiger partial charge in [-0.1, -0.05) is 65.7 Å². The van der Waals surface area contributed by atoms with Crippen molar-refractivity contribution in [3.63, 3.8) is 0 Å². The average molecular weight is 419 g/mol. The summed E-state index contributed by atoms with van der Waals surface area (Å²) in [6.07, 6.45) is 0. The lowest BCUT2D eigenvalue weighted by Crippen LogP contribution is -2.49. The normalized spacial score (nSPS) is 13.9. The first kappa shape index (κ1) is 20.2. The van der Waals surface area contributed by atoms with E-state index in [0.29, 0.717) is 34.8 Å². The van der Waals surface area contributed by atoms with Gasteiger partial charge in [0.2, 0.25) is 0 Å². The van der Waals surface area contributed by atoms with Crippen molar-refractivity contribution in [2.75, 3.05) is 31.1 Å². The maximum absolute atomic E-state index is 13.2. The van der Waals surface area contributed by atoms with Crippen molar-refractivity contribution in [3.05, 3.63) is 100 Å². The number of benzene rings is 3. The summed E-state index contributed by atoms with van der Waals surface area (Å²) in [6, 6.07) is 22.3. The van der Waals surface area contributed by atoms with Gasteiger partial charge in [0.05, 0.1) is 5.56 Å². The smallest absolute Gasteiger partial charge is 0.254 e. The highest BCUT2D eigenvalue weighted by atomic mass is 35.5. The summed E-state index contributed by atoms with van der Waals surface area (Å²) >= 11 is 6.11. The summed E-state index contributed by atoms with van der Waals surface area (Å²) in [4.78, 5) is 30.3. The van der Waals surface area contributed by atoms with Crippen LogP contribution in [-0.2, 0) is 0 Å². The molecule has 1 amide bonds. The van der Waals surface area contributed by atoms with Crippen LogP contribution in [0, 0.1) is 6.92 Å². The van der Waals surface area contributed by atoms with Crippen molar-refractivity contribution in [2.24, 2.45) is 0 Å². The molecule has 1 heterocycles. The van der Waals surface area contributed by atoms with Crippen LogP contribution < -0.4 is 4.90 Å². The van der Waals surface area contributed by atoms with E-state index in [9.17, 15) is 9.59 Å². The topological polar surface area (TPSA) is 40.6 Å². The molecule has 0 saturated carbocycles. The molecule has 0 radical (unpaired) electrons. The monoisotopic (exact) mass is 418 g/mol. The van der Waals surface area contributed by atoms with Crippen LogP contribution in [0.15, 0.2) is 72.8 Å². The molecule has 4 nitrogen and oxygen atoms in total. The molecule has 5 heteroatoms. The lowest BCUT2D eigenvalue weighted by Gasteiger charge is -2.36. The largest absolute Gasteiger partial charge is 0.368 e. The second kappa shape index (κ2) is 8.72. The first-order valence-electron chi connectivity index (χ1n) is 10.0. The Hall–Kier alpha value is -3.11. The number of ketones is 1. The van der Waals surface area contributed by atoms with Crippen molar-refractivity contribution in [3.8, 4) is 0 Å². The molecule has 1 fully saturated rings. The van der Waals surface area contributed by atoms with Crippen LogP contribution in [0.4, 0.5) is 5.69 Å². The van der Waals surface area contributed by atoms with Gasteiger partial charge in [-0.2, -0.15) is 0 Å². The molecule has 1 saturated heterocycles. The van der Waals surface area contributed by atoms with E-state index in [2.05, 4.69) is 4.90 Å². The number of hydrogen-bond acceptors (Lipinski definition) is 3. The van der Waals surface area contributed by atoms with Crippen LogP contribution in [0.5, 0.6) is 0 Å². The second-order valence-corrected chi connectivity index (χ2v) is 7.94. The molecule has 0 N–H and O–H groups in total. The molecule has 1 aliphatic rings. The van der Waals surface area contributed by atoms with E-state index in [-0.39, 0.29) is 11.7 Å². The molecule has 152 valence electrons. The third-order valence-electron chi connectivity index (χ3n) is 5.46. The number of amides is 1. The highest BCUT2D eigenvalue weighted by molar-refractivity contribution is 6.30. The Morgan fingerprint density at radius 1 is 0.800 bits per heavy atom. The Balaban J connectivity index is 1.51. The zero-order valence-corrected chi connectivity index (χ0v) is 17.6. The van der Waals surface area contributed by atoms with E-state index < -0.39 is 0 Å². The molecule has 3 aromatic carbocycles. The lowest BCUT2D eigenvalue weighted by molar-refractivity contribution is 0.0742. The predicted molar refractivity (Wildman–Crippen MR) is 121 cm³/mol. The molecule has 4 rings (SSSR count). The highest BCUT2D eigenvalue weighted by Gasteiger charge is 2.26. The molecule has 0 atom stereocenters. The van der Waals surface area contributed by atoms with Gasteiger partial charge in [-0.15, -0.1) is 0 Å². The Labute approximate surface area is 181 Å². The van der Waals surface area contributed by atoms with E-state index in [1.165, 1.54) is 0 Å². The fraction of sp³-hybridized carbons (Fsp3) is 0.200. The third-order valence-corrected chi connectivity index (χ3v) is 5.69. The summed E-state index contributed by atoms with van der Waals surface area (Å²) < 4.78 is 0. The summed E-state index contributed by atoms with van der Waals surface area (Å²) in [6.45, 7) is 4.62. The minimum absolute atomic E-state index is 0.100. The van der Waals surface area contributed by atoms with Gasteiger partial charge in [-0.05, 0) is 31.2 Å². The van der Waals surface area contributed by atoms with Gasteiger partial charge < -0.3 is 9.80 Å². The maximum atomic E-state index is 13.2. The summed E-state index contributed by atoms with van der Waals surface area (Å²) in [7, 11) is 0. The number of aryl methyl sites for hydroxylation is 1. The minimum atomic E-state index is -0.128. The number of nitrogens with zero attached hydrogens (tertiary/aromatic N) is 2. The van der Waals surface area contributed by atoms with E-state index in [4.69, 9.17) is 11.6 Å². The van der Waals surface area contributed by atoms with Gasteiger partial charge in [0.25, 0.3) is 5.91 Å². The van der Waals surface area contributed by atoms with Crippen LogP contribution in [-0.4, -0.2) is 42.8 Å². The zero-order chi connectivity index (χ0) is 21.1. The molecular formula is C25H23ClN2O2. The fourth-order valence-corrected chi connectivity index (χ4v) is 3.92. The van der Waals surface area contributed by atoms with Crippen LogP contribution >= 0.6 is 11.6 Å². The van der Waals surface area contributed by atoms with Gasteiger partial charge in [0.1, 0.15) is 0 Å². The molecule has 3 aromatic rings. The maximum Gasteiger partial charge on any atom is 0.254 e. The Kier molecular flexibility index (Phi) is 5.86.